The lowest BCUT2D eigenvalue weighted by Crippen LogP contribution is -2.42. The van der Waals surface area contributed by atoms with Gasteiger partial charge in [0.05, 0.1) is 16.3 Å². The molecule has 0 aromatic carbocycles. The first-order chi connectivity index (χ1) is 8.12. The number of nitrogens with zero attached hydrogens (tertiary/aromatic N) is 4. The Hall–Kier alpha value is -2.47. The zero-order chi connectivity index (χ0) is 14.5. The van der Waals surface area contributed by atoms with Crippen molar-refractivity contribution in [1.82, 2.24) is 0 Å². The summed E-state index contributed by atoms with van der Waals surface area (Å²) < 4.78 is 13.2. The third kappa shape index (κ3) is 3.53. The zero-order valence-corrected chi connectivity index (χ0v) is 8.63. The van der Waals surface area contributed by atoms with Gasteiger partial charge in [-0.05, 0) is 6.42 Å². The molecule has 0 fully saturated rings. The molecule has 0 radical (unpaired) electrons. The molecule has 0 N–H and O–H groups in total. The number of nitro groups is 4. The van der Waals surface area contributed by atoms with E-state index in [1.54, 1.807) is 0 Å². The number of hydrogen-bond donors (Lipinski definition) is 0. The SMILES string of the molecule is O=[N+]([O-])C(CCCC(F)([N+](=O)[O-])[N+](=O)[O-])[N+](=O)[O-]. The summed E-state index contributed by atoms with van der Waals surface area (Å²) in [4.78, 5) is 34.5. The van der Waals surface area contributed by atoms with E-state index in [0.717, 1.165) is 0 Å². The van der Waals surface area contributed by atoms with Crippen molar-refractivity contribution < 1.29 is 24.1 Å². The molecule has 0 bridgehead atoms. The summed E-state index contributed by atoms with van der Waals surface area (Å²) in [5.74, 6) is -3.99. The van der Waals surface area contributed by atoms with Gasteiger partial charge in [-0.3, -0.25) is 40.5 Å². The summed E-state index contributed by atoms with van der Waals surface area (Å²) >= 11 is 0. The van der Waals surface area contributed by atoms with E-state index in [0.29, 0.717) is 0 Å². The van der Waals surface area contributed by atoms with Crippen LogP contribution in [-0.2, 0) is 0 Å². The maximum Gasteiger partial charge on any atom is 0.613 e. The minimum atomic E-state index is -3.99. The molecule has 13 heteroatoms. The van der Waals surface area contributed by atoms with E-state index in [1.807, 2.05) is 0 Å². The van der Waals surface area contributed by atoms with Crippen molar-refractivity contribution in [3.8, 4) is 0 Å². The summed E-state index contributed by atoms with van der Waals surface area (Å²) in [6, 6.07) is 0. The maximum absolute atomic E-state index is 13.2. The minimum absolute atomic E-state index is 0.745. The monoisotopic (exact) mass is 270 g/mol. The summed E-state index contributed by atoms with van der Waals surface area (Å²) in [6.45, 7) is 0. The molecule has 0 aromatic rings. The molecule has 0 aliphatic heterocycles. The Kier molecular flexibility index (Phi) is 4.95. The third-order valence-electron chi connectivity index (χ3n) is 2.00. The first kappa shape index (κ1) is 15.5. The Bertz CT molecular complexity index is 358. The van der Waals surface area contributed by atoms with Gasteiger partial charge in [-0.15, -0.1) is 0 Å². The largest absolute Gasteiger partial charge is 0.613 e. The van der Waals surface area contributed by atoms with Gasteiger partial charge in [-0.2, -0.15) is 0 Å². The third-order valence-corrected chi connectivity index (χ3v) is 2.00. The van der Waals surface area contributed by atoms with Gasteiger partial charge in [0.1, 0.15) is 16.3 Å². The van der Waals surface area contributed by atoms with Crippen LogP contribution in [0, 0.1) is 40.5 Å². The topological polar surface area (TPSA) is 173 Å². The predicted octanol–water partition coefficient (Wildman–Crippen LogP) is 0.213. The van der Waals surface area contributed by atoms with Gasteiger partial charge in [-0.25, -0.2) is 0 Å². The fraction of sp³-hybridized carbons (Fsp3) is 1.00. The average Bonchev–Trinajstić information content (AvgIpc) is 2.21. The lowest BCUT2D eigenvalue weighted by atomic mass is 10.1. The van der Waals surface area contributed by atoms with Crippen molar-refractivity contribution >= 4 is 0 Å². The van der Waals surface area contributed by atoms with E-state index in [1.165, 1.54) is 0 Å². The minimum Gasteiger partial charge on any atom is -0.259 e. The van der Waals surface area contributed by atoms with Gasteiger partial charge in [0.25, 0.3) is 0 Å². The van der Waals surface area contributed by atoms with Crippen molar-refractivity contribution in [3.63, 3.8) is 0 Å². The highest BCUT2D eigenvalue weighted by Crippen LogP contribution is 2.21. The van der Waals surface area contributed by atoms with E-state index >= 15 is 0 Å². The summed E-state index contributed by atoms with van der Waals surface area (Å²) in [5, 5.41) is 40.6. The smallest absolute Gasteiger partial charge is 0.259 e. The lowest BCUT2D eigenvalue weighted by molar-refractivity contribution is -0.832. The van der Waals surface area contributed by atoms with Crippen LogP contribution in [0.3, 0.4) is 0 Å². The highest BCUT2D eigenvalue weighted by Gasteiger charge is 2.57. The van der Waals surface area contributed by atoms with E-state index in [-0.39, 0.29) is 0 Å². The zero-order valence-electron chi connectivity index (χ0n) is 8.63. The Balaban J connectivity index is 4.57. The van der Waals surface area contributed by atoms with Crippen LogP contribution in [0.25, 0.3) is 0 Å². The quantitative estimate of drug-likeness (QED) is 0.260. The molecule has 102 valence electrons. The molecule has 0 heterocycles. The van der Waals surface area contributed by atoms with Gasteiger partial charge in [0.2, 0.25) is 0 Å². The predicted molar refractivity (Wildman–Crippen MR) is 49.5 cm³/mol. The second-order valence-corrected chi connectivity index (χ2v) is 3.18. The molecule has 0 aromatic heterocycles. The summed E-state index contributed by atoms with van der Waals surface area (Å²) in [6.07, 6.45) is -5.14. The van der Waals surface area contributed by atoms with Gasteiger partial charge in [0, 0.05) is 0 Å². The highest BCUT2D eigenvalue weighted by atomic mass is 19.2. The molecule has 18 heavy (non-hydrogen) atoms. The van der Waals surface area contributed by atoms with Gasteiger partial charge in [-0.1, -0.05) is 4.39 Å². The second kappa shape index (κ2) is 5.74. The Morgan fingerprint density at radius 3 is 1.61 bits per heavy atom. The highest BCUT2D eigenvalue weighted by molar-refractivity contribution is 4.55. The van der Waals surface area contributed by atoms with Crippen molar-refractivity contribution in [2.75, 3.05) is 0 Å². The molecule has 12 nitrogen and oxygen atoms in total. The molecular formula is C5H7FN4O8. The first-order valence-electron chi connectivity index (χ1n) is 4.37. The van der Waals surface area contributed by atoms with Crippen LogP contribution < -0.4 is 0 Å². The normalized spacial score (nSPS) is 11.2. The van der Waals surface area contributed by atoms with Crippen LogP contribution in [0.15, 0.2) is 0 Å². The fourth-order valence-corrected chi connectivity index (χ4v) is 1.05. The second-order valence-electron chi connectivity index (χ2n) is 3.18. The van der Waals surface area contributed by atoms with Crippen molar-refractivity contribution in [3.05, 3.63) is 40.5 Å². The lowest BCUT2D eigenvalue weighted by Gasteiger charge is -2.07. The van der Waals surface area contributed by atoms with Crippen molar-refractivity contribution in [2.45, 2.75) is 31.3 Å². The molecule has 0 amide bonds. The molecule has 0 rings (SSSR count). The number of hydrogen-bond acceptors (Lipinski definition) is 8. The molecule has 0 saturated heterocycles. The van der Waals surface area contributed by atoms with Crippen LogP contribution >= 0.6 is 0 Å². The van der Waals surface area contributed by atoms with Crippen molar-refractivity contribution in [1.29, 1.82) is 0 Å². The van der Waals surface area contributed by atoms with Gasteiger partial charge in [0.15, 0.2) is 0 Å². The summed E-state index contributed by atoms with van der Waals surface area (Å²) in [7, 11) is 0. The maximum atomic E-state index is 13.2. The number of alkyl halides is 1. The van der Waals surface area contributed by atoms with Gasteiger partial charge < -0.3 is 0 Å². The molecule has 0 unspecified atom stereocenters. The number of rotatable bonds is 8. The van der Waals surface area contributed by atoms with Crippen molar-refractivity contribution in [2.24, 2.45) is 0 Å². The number of halogens is 1. The van der Waals surface area contributed by atoms with E-state index in [9.17, 15) is 44.8 Å². The van der Waals surface area contributed by atoms with E-state index < -0.39 is 51.0 Å². The molecule has 0 aliphatic carbocycles. The van der Waals surface area contributed by atoms with Crippen LogP contribution in [0.1, 0.15) is 19.3 Å². The Morgan fingerprint density at radius 1 is 0.944 bits per heavy atom. The van der Waals surface area contributed by atoms with E-state index in [4.69, 9.17) is 0 Å². The molecule has 0 saturated carbocycles. The summed E-state index contributed by atoms with van der Waals surface area (Å²) in [5.41, 5.74) is 0. The first-order valence-corrected chi connectivity index (χ1v) is 4.37. The van der Waals surface area contributed by atoms with Crippen LogP contribution in [-0.4, -0.2) is 31.8 Å². The molecule has 0 aliphatic rings. The van der Waals surface area contributed by atoms with Crippen LogP contribution in [0.5, 0.6) is 0 Å². The average molecular weight is 270 g/mol. The van der Waals surface area contributed by atoms with E-state index in [2.05, 4.69) is 0 Å². The standard InChI is InChI=1S/C5H7FN4O8/c6-5(9(15)16,10(17)18)3-1-2-4(7(11)12)8(13)14/h4H,1-3H2. The molecule has 0 atom stereocenters. The van der Waals surface area contributed by atoms with Crippen LogP contribution in [0.2, 0.25) is 0 Å². The Labute approximate surface area is 97.0 Å². The molecule has 0 spiro atoms. The van der Waals surface area contributed by atoms with Gasteiger partial charge >= 0.3 is 12.1 Å². The Morgan fingerprint density at radius 2 is 1.33 bits per heavy atom. The molecular weight excluding hydrogens is 263 g/mol. The fourth-order valence-electron chi connectivity index (χ4n) is 1.05. The van der Waals surface area contributed by atoms with Crippen LogP contribution in [0.4, 0.5) is 4.39 Å².